The number of hydrogen-bond donors (Lipinski definition) is 2. The predicted octanol–water partition coefficient (Wildman–Crippen LogP) is 4.97. The number of rotatable bonds is 13. The molecule has 0 atom stereocenters. The van der Waals surface area contributed by atoms with E-state index in [-0.39, 0.29) is 22.0 Å². The largest absolute Gasteiger partial charge is 0.483 e. The van der Waals surface area contributed by atoms with E-state index in [9.17, 15) is 29.3 Å². The van der Waals surface area contributed by atoms with E-state index in [1.54, 1.807) is 24.3 Å². The molecule has 14 nitrogen and oxygen atoms in total. The number of nitrogens with one attached hydrogen (secondary N) is 2. The van der Waals surface area contributed by atoms with Gasteiger partial charge in [0, 0.05) is 72.7 Å². The SMILES string of the molecule is CCN(CC)c1ccc(/C=C2/SC(=O)N(CC(=O)Nc3ccc(N4CCOCC4)cc3)C2=O)c(OCC(=O)Nc2cccc([N+](=O)[O-])c2)c1. The van der Waals surface area contributed by atoms with E-state index in [1.165, 1.54) is 30.3 Å². The molecule has 3 aromatic rings. The van der Waals surface area contributed by atoms with Gasteiger partial charge in [-0.25, -0.2) is 0 Å². The molecule has 2 aliphatic heterocycles. The van der Waals surface area contributed by atoms with Crippen LogP contribution in [0.3, 0.4) is 0 Å². The summed E-state index contributed by atoms with van der Waals surface area (Å²) in [5.41, 5.74) is 2.87. The number of anilines is 4. The number of nitrogens with zero attached hydrogens (tertiary/aromatic N) is 4. The second-order valence-electron chi connectivity index (χ2n) is 11.0. The number of carbonyl (C=O) groups is 4. The molecule has 3 aromatic carbocycles. The second-order valence-corrected chi connectivity index (χ2v) is 12.0. The maximum atomic E-state index is 13.3. The Morgan fingerprint density at radius 2 is 1.69 bits per heavy atom. The standard InChI is InChI=1S/C34H36N6O8S/c1-3-37(4-2)27-11-8-23(29(20-27)48-22-32(42)36-25-6-5-7-28(19-25)40(45)46)18-30-33(43)39(34(44)49-30)21-31(41)35-24-9-12-26(13-10-24)38-14-16-47-17-15-38/h5-13,18-20H,3-4,14-17,21-22H2,1-2H3,(H,35,41)(H,36,42)/b30-18+. The third kappa shape index (κ3) is 8.94. The zero-order chi connectivity index (χ0) is 34.9. The van der Waals surface area contributed by atoms with Crippen molar-refractivity contribution in [2.75, 3.05) is 73.0 Å². The van der Waals surface area contributed by atoms with Gasteiger partial charge >= 0.3 is 0 Å². The molecule has 2 heterocycles. The van der Waals surface area contributed by atoms with Crippen molar-refractivity contribution in [3.05, 3.63) is 87.3 Å². The van der Waals surface area contributed by atoms with E-state index < -0.39 is 41.0 Å². The molecule has 0 unspecified atom stereocenters. The van der Waals surface area contributed by atoms with Gasteiger partial charge in [-0.15, -0.1) is 0 Å². The topological polar surface area (TPSA) is 164 Å². The molecule has 256 valence electrons. The van der Waals surface area contributed by atoms with Gasteiger partial charge < -0.3 is 29.9 Å². The highest BCUT2D eigenvalue weighted by Crippen LogP contribution is 2.35. The second kappa shape index (κ2) is 16.1. The molecule has 15 heteroatoms. The summed E-state index contributed by atoms with van der Waals surface area (Å²) < 4.78 is 11.3. The number of thioether (sulfide) groups is 1. The highest BCUT2D eigenvalue weighted by molar-refractivity contribution is 8.18. The molecule has 0 aliphatic carbocycles. The Balaban J connectivity index is 1.26. The van der Waals surface area contributed by atoms with Crippen molar-refractivity contribution in [3.8, 4) is 5.75 Å². The van der Waals surface area contributed by atoms with E-state index in [2.05, 4.69) is 20.4 Å². The summed E-state index contributed by atoms with van der Waals surface area (Å²) in [6.45, 7) is 7.40. The fourth-order valence-corrected chi connectivity index (χ4v) is 6.12. The molecule has 0 spiro atoms. The quantitative estimate of drug-likeness (QED) is 0.142. The van der Waals surface area contributed by atoms with Crippen molar-refractivity contribution < 1.29 is 33.6 Å². The number of nitro benzene ring substituents is 1. The van der Waals surface area contributed by atoms with Crippen LogP contribution in [-0.4, -0.2) is 85.3 Å². The van der Waals surface area contributed by atoms with E-state index in [0.717, 1.165) is 29.4 Å². The van der Waals surface area contributed by atoms with Gasteiger partial charge in [0.15, 0.2) is 6.61 Å². The number of benzene rings is 3. The number of imide groups is 1. The van der Waals surface area contributed by atoms with Gasteiger partial charge in [-0.05, 0) is 74.1 Å². The Morgan fingerprint density at radius 1 is 0.980 bits per heavy atom. The van der Waals surface area contributed by atoms with Crippen LogP contribution >= 0.6 is 11.8 Å². The minimum Gasteiger partial charge on any atom is -0.483 e. The first-order valence-electron chi connectivity index (χ1n) is 15.7. The maximum absolute atomic E-state index is 13.3. The van der Waals surface area contributed by atoms with Crippen molar-refractivity contribution >= 4 is 69.2 Å². The zero-order valence-electron chi connectivity index (χ0n) is 27.0. The number of morpholine rings is 1. The summed E-state index contributed by atoms with van der Waals surface area (Å²) in [6, 6.07) is 18.2. The maximum Gasteiger partial charge on any atom is 0.294 e. The summed E-state index contributed by atoms with van der Waals surface area (Å²) in [7, 11) is 0. The first-order chi connectivity index (χ1) is 23.6. The fraction of sp³-hybridized carbons (Fsp3) is 0.294. The van der Waals surface area contributed by atoms with E-state index in [0.29, 0.717) is 49.3 Å². The van der Waals surface area contributed by atoms with Gasteiger partial charge in [0.25, 0.3) is 22.7 Å². The van der Waals surface area contributed by atoms with Gasteiger partial charge in [-0.3, -0.25) is 34.2 Å². The highest BCUT2D eigenvalue weighted by atomic mass is 32.2. The van der Waals surface area contributed by atoms with Crippen LogP contribution in [0.2, 0.25) is 0 Å². The fourth-order valence-electron chi connectivity index (χ4n) is 5.29. The summed E-state index contributed by atoms with van der Waals surface area (Å²) in [4.78, 5) is 67.5. The van der Waals surface area contributed by atoms with Crippen molar-refractivity contribution in [1.29, 1.82) is 0 Å². The van der Waals surface area contributed by atoms with Crippen LogP contribution < -0.4 is 25.2 Å². The number of carbonyl (C=O) groups excluding carboxylic acids is 4. The third-order valence-electron chi connectivity index (χ3n) is 7.81. The lowest BCUT2D eigenvalue weighted by molar-refractivity contribution is -0.384. The Kier molecular flexibility index (Phi) is 11.5. The normalized spacial score (nSPS) is 15.3. The molecule has 2 saturated heterocycles. The Hall–Kier alpha value is -5.41. The van der Waals surface area contributed by atoms with E-state index in [4.69, 9.17) is 9.47 Å². The number of amides is 4. The Morgan fingerprint density at radius 3 is 2.39 bits per heavy atom. The number of nitro groups is 1. The third-order valence-corrected chi connectivity index (χ3v) is 8.72. The number of ether oxygens (including phenoxy) is 2. The molecular formula is C34H36N6O8S. The molecule has 5 rings (SSSR count). The lowest BCUT2D eigenvalue weighted by Crippen LogP contribution is -2.36. The van der Waals surface area contributed by atoms with Crippen molar-refractivity contribution in [3.63, 3.8) is 0 Å². The van der Waals surface area contributed by atoms with Crippen LogP contribution in [0.15, 0.2) is 71.6 Å². The lowest BCUT2D eigenvalue weighted by Gasteiger charge is -2.28. The molecule has 49 heavy (non-hydrogen) atoms. The van der Waals surface area contributed by atoms with Crippen molar-refractivity contribution in [2.24, 2.45) is 0 Å². The molecule has 0 bridgehead atoms. The number of non-ortho nitro benzene ring substituents is 1. The molecule has 2 aliphatic rings. The first kappa shape index (κ1) is 34.9. The van der Waals surface area contributed by atoms with Gasteiger partial charge in [-0.1, -0.05) is 6.07 Å². The molecule has 2 fully saturated rings. The monoisotopic (exact) mass is 688 g/mol. The molecule has 0 aromatic heterocycles. The average Bonchev–Trinajstić information content (AvgIpc) is 3.36. The van der Waals surface area contributed by atoms with Gasteiger partial charge in [0.2, 0.25) is 5.91 Å². The Bertz CT molecular complexity index is 1760. The van der Waals surface area contributed by atoms with E-state index in [1.807, 2.05) is 32.0 Å². The van der Waals surface area contributed by atoms with Crippen LogP contribution in [0.1, 0.15) is 19.4 Å². The van der Waals surface area contributed by atoms with Crippen LogP contribution in [0.25, 0.3) is 6.08 Å². The van der Waals surface area contributed by atoms with E-state index >= 15 is 0 Å². The summed E-state index contributed by atoms with van der Waals surface area (Å²) in [6.07, 6.45) is 1.49. The zero-order valence-corrected chi connectivity index (χ0v) is 27.9. The molecule has 4 amide bonds. The summed E-state index contributed by atoms with van der Waals surface area (Å²) in [5.74, 6) is -1.43. The van der Waals surface area contributed by atoms with Crippen molar-refractivity contribution in [2.45, 2.75) is 13.8 Å². The smallest absolute Gasteiger partial charge is 0.294 e. The predicted molar refractivity (Wildman–Crippen MR) is 188 cm³/mol. The molecular weight excluding hydrogens is 652 g/mol. The summed E-state index contributed by atoms with van der Waals surface area (Å²) in [5, 5.41) is 15.8. The minimum absolute atomic E-state index is 0.0918. The molecule has 0 saturated carbocycles. The van der Waals surface area contributed by atoms with Crippen molar-refractivity contribution in [1.82, 2.24) is 4.90 Å². The van der Waals surface area contributed by atoms with Crippen LogP contribution in [0.5, 0.6) is 5.75 Å². The highest BCUT2D eigenvalue weighted by Gasteiger charge is 2.36. The Labute approximate surface area is 287 Å². The summed E-state index contributed by atoms with van der Waals surface area (Å²) >= 11 is 0.703. The minimum atomic E-state index is -0.630. The lowest BCUT2D eigenvalue weighted by atomic mass is 10.1. The van der Waals surface area contributed by atoms with Gasteiger partial charge in [0.05, 0.1) is 23.0 Å². The van der Waals surface area contributed by atoms with Gasteiger partial charge in [0.1, 0.15) is 12.3 Å². The van der Waals surface area contributed by atoms with Crippen LogP contribution in [-0.2, 0) is 19.1 Å². The van der Waals surface area contributed by atoms with Gasteiger partial charge in [-0.2, -0.15) is 0 Å². The average molecular weight is 689 g/mol. The first-order valence-corrected chi connectivity index (χ1v) is 16.5. The van der Waals surface area contributed by atoms with Crippen LogP contribution in [0.4, 0.5) is 33.2 Å². The van der Waals surface area contributed by atoms with Crippen LogP contribution in [0, 0.1) is 10.1 Å². The molecule has 0 radical (unpaired) electrons. The number of hydrogen-bond acceptors (Lipinski definition) is 11. The molecule has 2 N–H and O–H groups in total.